The summed E-state index contributed by atoms with van der Waals surface area (Å²) in [6.07, 6.45) is 3.14. The lowest BCUT2D eigenvalue weighted by atomic mass is 10.2. The Labute approximate surface area is 108 Å². The number of amides is 3. The Morgan fingerprint density at radius 3 is 3.00 bits per heavy atom. The van der Waals surface area contributed by atoms with Gasteiger partial charge in [0.25, 0.3) is 0 Å². The van der Waals surface area contributed by atoms with Gasteiger partial charge in [0.05, 0.1) is 6.54 Å². The fourth-order valence-corrected chi connectivity index (χ4v) is 1.73. The second-order valence-corrected chi connectivity index (χ2v) is 3.98. The average Bonchev–Trinajstić information content (AvgIpc) is 2.88. The summed E-state index contributed by atoms with van der Waals surface area (Å²) in [5.74, 6) is -1.000. The largest absolute Gasteiger partial charge is 0.480 e. The van der Waals surface area contributed by atoms with Crippen LogP contribution in [0.4, 0.5) is 4.79 Å². The smallest absolute Gasteiger partial charge is 0.328 e. The maximum atomic E-state index is 11.9. The highest BCUT2D eigenvalue weighted by Gasteiger charge is 2.35. The summed E-state index contributed by atoms with van der Waals surface area (Å²) in [5.41, 5.74) is 0. The second-order valence-electron chi connectivity index (χ2n) is 3.98. The molecule has 102 valence electrons. The van der Waals surface area contributed by atoms with E-state index in [9.17, 15) is 14.4 Å². The van der Waals surface area contributed by atoms with Crippen LogP contribution in [-0.2, 0) is 16.1 Å². The minimum Gasteiger partial charge on any atom is -0.480 e. The molecule has 1 aliphatic heterocycles. The number of urea groups is 1. The number of nitrogens with one attached hydrogen (secondary N) is 3. The van der Waals surface area contributed by atoms with Gasteiger partial charge >= 0.3 is 12.0 Å². The number of carboxylic acid groups (broad SMARTS) is 1. The minimum absolute atomic E-state index is 0.0949. The molecule has 1 aliphatic rings. The molecule has 9 nitrogen and oxygen atoms in total. The van der Waals surface area contributed by atoms with Crippen molar-refractivity contribution in [3.05, 3.63) is 18.2 Å². The fourth-order valence-electron chi connectivity index (χ4n) is 1.73. The predicted molar refractivity (Wildman–Crippen MR) is 62.0 cm³/mol. The number of carboxylic acids is 1. The number of carbonyl (C=O) groups excluding carboxylic acids is 2. The van der Waals surface area contributed by atoms with E-state index in [0.29, 0.717) is 5.82 Å². The van der Waals surface area contributed by atoms with Gasteiger partial charge in [0, 0.05) is 18.9 Å². The van der Waals surface area contributed by atoms with Gasteiger partial charge in [0.15, 0.2) is 0 Å². The highest BCUT2D eigenvalue weighted by molar-refractivity contribution is 5.90. The van der Waals surface area contributed by atoms with Crippen LogP contribution < -0.4 is 10.6 Å². The van der Waals surface area contributed by atoms with Crippen molar-refractivity contribution in [1.82, 2.24) is 25.5 Å². The summed E-state index contributed by atoms with van der Waals surface area (Å²) < 4.78 is 0. The summed E-state index contributed by atoms with van der Waals surface area (Å²) in [7, 11) is 0. The molecule has 3 amide bonds. The number of carbonyl (C=O) groups is 3. The molecule has 1 unspecified atom stereocenters. The van der Waals surface area contributed by atoms with Gasteiger partial charge in [-0.15, -0.1) is 0 Å². The molecule has 1 atom stereocenters. The first-order valence-corrected chi connectivity index (χ1v) is 5.60. The zero-order chi connectivity index (χ0) is 13.8. The van der Waals surface area contributed by atoms with Gasteiger partial charge in [-0.25, -0.2) is 14.6 Å². The van der Waals surface area contributed by atoms with Crippen LogP contribution in [0.2, 0.25) is 0 Å². The van der Waals surface area contributed by atoms with E-state index in [1.165, 1.54) is 6.20 Å². The zero-order valence-corrected chi connectivity index (χ0v) is 9.92. The van der Waals surface area contributed by atoms with Crippen LogP contribution in [0.15, 0.2) is 12.4 Å². The normalized spacial score (nSPS) is 18.8. The molecule has 9 heteroatoms. The van der Waals surface area contributed by atoms with Crippen molar-refractivity contribution in [2.45, 2.75) is 12.6 Å². The molecular weight excluding hydrogens is 254 g/mol. The first-order valence-electron chi connectivity index (χ1n) is 5.60. The van der Waals surface area contributed by atoms with E-state index in [0.717, 1.165) is 4.90 Å². The van der Waals surface area contributed by atoms with Gasteiger partial charge in [-0.1, -0.05) is 0 Å². The molecule has 1 aromatic rings. The number of aromatic nitrogens is 2. The lowest BCUT2D eigenvalue weighted by Crippen LogP contribution is -2.61. The number of H-pyrrole nitrogens is 1. The molecule has 2 rings (SSSR count). The summed E-state index contributed by atoms with van der Waals surface area (Å²) in [5, 5.41) is 13.9. The molecule has 0 saturated carbocycles. The predicted octanol–water partition coefficient (Wildman–Crippen LogP) is -1.50. The van der Waals surface area contributed by atoms with Crippen molar-refractivity contribution in [3.8, 4) is 0 Å². The fraction of sp³-hybridized carbons (Fsp3) is 0.400. The topological polar surface area (TPSA) is 127 Å². The van der Waals surface area contributed by atoms with Crippen LogP contribution in [0.3, 0.4) is 0 Å². The van der Waals surface area contributed by atoms with Crippen LogP contribution in [0.1, 0.15) is 5.82 Å². The highest BCUT2D eigenvalue weighted by Crippen LogP contribution is 2.05. The number of hydrogen-bond acceptors (Lipinski definition) is 4. The van der Waals surface area contributed by atoms with Crippen LogP contribution in [0.25, 0.3) is 0 Å². The lowest BCUT2D eigenvalue weighted by molar-refractivity contribution is -0.144. The zero-order valence-electron chi connectivity index (χ0n) is 9.92. The Hall–Kier alpha value is -2.58. The SMILES string of the molecule is O=C1CN(C(=O)NCc2ncc[nH]2)C(C(=O)O)CN1. The first-order chi connectivity index (χ1) is 9.08. The Bertz CT molecular complexity index is 486. The molecule has 0 radical (unpaired) electrons. The highest BCUT2D eigenvalue weighted by atomic mass is 16.4. The monoisotopic (exact) mass is 267 g/mol. The number of piperazine rings is 1. The van der Waals surface area contributed by atoms with E-state index in [-0.39, 0.29) is 25.5 Å². The number of aromatic amines is 1. The Balaban J connectivity index is 1.98. The van der Waals surface area contributed by atoms with Crippen molar-refractivity contribution in [2.75, 3.05) is 13.1 Å². The van der Waals surface area contributed by atoms with E-state index in [1.54, 1.807) is 6.20 Å². The molecule has 0 bridgehead atoms. The summed E-state index contributed by atoms with van der Waals surface area (Å²) in [6.45, 7) is -0.237. The van der Waals surface area contributed by atoms with Gasteiger partial charge < -0.3 is 20.7 Å². The lowest BCUT2D eigenvalue weighted by Gasteiger charge is -2.32. The second kappa shape index (κ2) is 5.38. The van der Waals surface area contributed by atoms with Crippen LogP contribution >= 0.6 is 0 Å². The van der Waals surface area contributed by atoms with E-state index >= 15 is 0 Å². The molecule has 1 aromatic heterocycles. The van der Waals surface area contributed by atoms with Crippen LogP contribution in [0.5, 0.6) is 0 Å². The van der Waals surface area contributed by atoms with E-state index in [2.05, 4.69) is 20.6 Å². The van der Waals surface area contributed by atoms with Gasteiger partial charge in [-0.05, 0) is 0 Å². The molecule has 0 spiro atoms. The van der Waals surface area contributed by atoms with Gasteiger partial charge in [-0.2, -0.15) is 0 Å². The Morgan fingerprint density at radius 1 is 1.58 bits per heavy atom. The molecular formula is C10H13N5O4. The van der Waals surface area contributed by atoms with Crippen LogP contribution in [0, 0.1) is 0 Å². The minimum atomic E-state index is -1.16. The van der Waals surface area contributed by atoms with Gasteiger partial charge in [0.2, 0.25) is 5.91 Å². The standard InChI is InChI=1S/C10H13N5O4/c16-8-5-15(6(3-13-8)9(17)18)10(19)14-4-7-11-1-2-12-7/h1-2,6H,3-5H2,(H,11,12)(H,13,16)(H,14,19)(H,17,18). The Kier molecular flexibility index (Phi) is 3.64. The molecule has 4 N–H and O–H groups in total. The molecule has 2 heterocycles. The van der Waals surface area contributed by atoms with Crippen molar-refractivity contribution in [3.63, 3.8) is 0 Å². The van der Waals surface area contributed by atoms with Crippen molar-refractivity contribution < 1.29 is 19.5 Å². The number of nitrogens with zero attached hydrogens (tertiary/aromatic N) is 2. The number of rotatable bonds is 3. The maximum absolute atomic E-state index is 11.9. The van der Waals surface area contributed by atoms with Gasteiger partial charge in [0.1, 0.15) is 18.4 Å². The molecule has 1 fully saturated rings. The average molecular weight is 267 g/mol. The first kappa shape index (κ1) is 12.9. The third-order valence-electron chi connectivity index (χ3n) is 2.69. The van der Waals surface area contributed by atoms with Crippen molar-refractivity contribution in [2.24, 2.45) is 0 Å². The Morgan fingerprint density at radius 2 is 2.37 bits per heavy atom. The summed E-state index contributed by atoms with van der Waals surface area (Å²) >= 11 is 0. The quantitative estimate of drug-likeness (QED) is 0.530. The number of hydrogen-bond donors (Lipinski definition) is 4. The summed E-state index contributed by atoms with van der Waals surface area (Å²) in [4.78, 5) is 41.8. The molecule has 0 aliphatic carbocycles. The van der Waals surface area contributed by atoms with Crippen LogP contribution in [-0.4, -0.2) is 57.0 Å². The van der Waals surface area contributed by atoms with E-state index < -0.39 is 18.0 Å². The number of aliphatic carboxylic acids is 1. The van der Waals surface area contributed by atoms with E-state index in [1.807, 2.05) is 0 Å². The van der Waals surface area contributed by atoms with Gasteiger partial charge in [-0.3, -0.25) is 9.69 Å². The molecule has 0 aromatic carbocycles. The molecule has 1 saturated heterocycles. The number of imidazole rings is 1. The van der Waals surface area contributed by atoms with E-state index in [4.69, 9.17) is 5.11 Å². The third kappa shape index (κ3) is 3.00. The summed E-state index contributed by atoms with van der Waals surface area (Å²) in [6, 6.07) is -1.67. The maximum Gasteiger partial charge on any atom is 0.328 e. The van der Waals surface area contributed by atoms with Crippen molar-refractivity contribution >= 4 is 17.9 Å². The molecule has 19 heavy (non-hydrogen) atoms. The third-order valence-corrected chi connectivity index (χ3v) is 2.69. The van der Waals surface area contributed by atoms with Crippen molar-refractivity contribution in [1.29, 1.82) is 0 Å².